The molecule has 0 fully saturated rings. The minimum Gasteiger partial charge on any atom is -0.459 e. The Hall–Kier alpha value is -4.79. The van der Waals surface area contributed by atoms with E-state index in [4.69, 9.17) is 14.7 Å². The van der Waals surface area contributed by atoms with Crippen LogP contribution in [0.3, 0.4) is 0 Å². The van der Waals surface area contributed by atoms with Crippen molar-refractivity contribution in [3.8, 4) is 11.4 Å². The number of benzene rings is 3. The SMILES string of the molecule is C[C@H](C(=O)Nc1cccc(-c2nc(Nc3ccc4[nH]ncc4c3)c3ccccc3n2)c1)C(=O)OC(C)(C)C. The second kappa shape index (κ2) is 9.93. The molecule has 0 aliphatic rings. The molecule has 5 aromatic rings. The fourth-order valence-corrected chi connectivity index (χ4v) is 3.94. The number of ether oxygens (including phenoxy) is 1. The number of rotatable bonds is 6. The topological polar surface area (TPSA) is 122 Å². The van der Waals surface area contributed by atoms with Crippen LogP contribution >= 0.6 is 0 Å². The van der Waals surface area contributed by atoms with Gasteiger partial charge in [-0.1, -0.05) is 24.3 Å². The standard InChI is InChI=1S/C29H28N6O3/c1-17(28(37)38-29(2,3)4)27(36)32-20-9-7-8-18(14-20)25-33-24-11-6-5-10-22(24)26(34-25)31-21-12-13-23-19(15-21)16-30-35-23/h5-17H,1-4H3,(H,30,35)(H,32,36)(H,31,33,34)/t17-/m1/s1. The maximum atomic E-state index is 12.7. The lowest BCUT2D eigenvalue weighted by atomic mass is 10.1. The van der Waals surface area contributed by atoms with Crippen molar-refractivity contribution >= 4 is 50.9 Å². The van der Waals surface area contributed by atoms with Crippen molar-refractivity contribution in [2.24, 2.45) is 5.92 Å². The Bertz CT molecular complexity index is 1650. The number of amides is 1. The van der Waals surface area contributed by atoms with Crippen LogP contribution in [-0.2, 0) is 14.3 Å². The molecule has 0 aliphatic heterocycles. The van der Waals surface area contributed by atoms with Gasteiger partial charge in [-0.05, 0) is 70.2 Å². The molecule has 2 heterocycles. The van der Waals surface area contributed by atoms with Gasteiger partial charge in [0.25, 0.3) is 0 Å². The van der Waals surface area contributed by atoms with Crippen LogP contribution in [0.4, 0.5) is 17.2 Å². The molecule has 1 atom stereocenters. The highest BCUT2D eigenvalue weighted by atomic mass is 16.6. The number of anilines is 3. The number of aromatic amines is 1. The summed E-state index contributed by atoms with van der Waals surface area (Å²) in [5.41, 5.74) is 3.16. The van der Waals surface area contributed by atoms with Gasteiger partial charge in [0.15, 0.2) is 5.82 Å². The molecule has 0 spiro atoms. The van der Waals surface area contributed by atoms with Gasteiger partial charge in [0.2, 0.25) is 5.91 Å². The van der Waals surface area contributed by atoms with Gasteiger partial charge in [-0.3, -0.25) is 14.7 Å². The van der Waals surface area contributed by atoms with Crippen LogP contribution in [0.1, 0.15) is 27.7 Å². The van der Waals surface area contributed by atoms with E-state index in [0.29, 0.717) is 22.9 Å². The molecule has 2 aromatic heterocycles. The summed E-state index contributed by atoms with van der Waals surface area (Å²) in [5, 5.41) is 15.1. The summed E-state index contributed by atoms with van der Waals surface area (Å²) in [6.07, 6.45) is 1.77. The molecular weight excluding hydrogens is 480 g/mol. The Kier molecular flexibility index (Phi) is 6.50. The second-order valence-electron chi connectivity index (χ2n) is 10.0. The number of aromatic nitrogens is 4. The second-order valence-corrected chi connectivity index (χ2v) is 10.0. The number of fused-ring (bicyclic) bond motifs is 2. The first-order chi connectivity index (χ1) is 18.2. The van der Waals surface area contributed by atoms with E-state index in [1.807, 2.05) is 54.6 Å². The summed E-state index contributed by atoms with van der Waals surface area (Å²) < 4.78 is 5.34. The first-order valence-electron chi connectivity index (χ1n) is 12.3. The lowest BCUT2D eigenvalue weighted by molar-refractivity contribution is -0.160. The number of hydrogen-bond acceptors (Lipinski definition) is 7. The highest BCUT2D eigenvalue weighted by Crippen LogP contribution is 2.29. The lowest BCUT2D eigenvalue weighted by Gasteiger charge is -2.22. The predicted octanol–water partition coefficient (Wildman–Crippen LogP) is 5.83. The first kappa shape index (κ1) is 24.9. The third-order valence-electron chi connectivity index (χ3n) is 5.85. The van der Waals surface area contributed by atoms with Gasteiger partial charge in [-0.15, -0.1) is 0 Å². The van der Waals surface area contributed by atoms with Gasteiger partial charge in [0.1, 0.15) is 17.3 Å². The smallest absolute Gasteiger partial charge is 0.318 e. The molecule has 0 bridgehead atoms. The van der Waals surface area contributed by atoms with E-state index in [2.05, 4.69) is 20.8 Å². The van der Waals surface area contributed by atoms with Crippen LogP contribution in [0, 0.1) is 5.92 Å². The highest BCUT2D eigenvalue weighted by Gasteiger charge is 2.27. The molecule has 38 heavy (non-hydrogen) atoms. The number of H-pyrrole nitrogens is 1. The minimum atomic E-state index is -0.960. The fourth-order valence-electron chi connectivity index (χ4n) is 3.94. The van der Waals surface area contributed by atoms with Crippen molar-refractivity contribution in [1.29, 1.82) is 0 Å². The van der Waals surface area contributed by atoms with E-state index in [9.17, 15) is 9.59 Å². The number of nitrogens with one attached hydrogen (secondary N) is 3. The summed E-state index contributed by atoms with van der Waals surface area (Å²) in [5.74, 6) is -0.840. The summed E-state index contributed by atoms with van der Waals surface area (Å²) >= 11 is 0. The normalized spacial score (nSPS) is 12.3. The third kappa shape index (κ3) is 5.46. The van der Waals surface area contributed by atoms with Crippen molar-refractivity contribution in [2.75, 3.05) is 10.6 Å². The van der Waals surface area contributed by atoms with E-state index in [0.717, 1.165) is 27.5 Å². The molecule has 0 saturated heterocycles. The van der Waals surface area contributed by atoms with E-state index in [1.54, 1.807) is 39.1 Å². The molecule has 0 aliphatic carbocycles. The Labute approximate surface area is 219 Å². The van der Waals surface area contributed by atoms with Crippen LogP contribution in [0.25, 0.3) is 33.2 Å². The molecule has 3 N–H and O–H groups in total. The molecule has 5 rings (SSSR count). The first-order valence-corrected chi connectivity index (χ1v) is 12.3. The zero-order valence-corrected chi connectivity index (χ0v) is 21.6. The zero-order valence-electron chi connectivity index (χ0n) is 21.6. The largest absolute Gasteiger partial charge is 0.459 e. The van der Waals surface area contributed by atoms with E-state index < -0.39 is 23.4 Å². The summed E-state index contributed by atoms with van der Waals surface area (Å²) in [4.78, 5) is 34.7. The molecule has 0 radical (unpaired) electrons. The quantitative estimate of drug-likeness (QED) is 0.195. The van der Waals surface area contributed by atoms with Gasteiger partial charge in [-0.2, -0.15) is 5.10 Å². The Morgan fingerprint density at radius 3 is 2.58 bits per heavy atom. The molecule has 1 amide bonds. The highest BCUT2D eigenvalue weighted by molar-refractivity contribution is 6.04. The summed E-state index contributed by atoms with van der Waals surface area (Å²) in [6, 6.07) is 20.9. The third-order valence-corrected chi connectivity index (χ3v) is 5.85. The van der Waals surface area contributed by atoms with Gasteiger partial charge in [0.05, 0.1) is 17.2 Å². The van der Waals surface area contributed by atoms with E-state index in [-0.39, 0.29) is 0 Å². The number of esters is 1. The maximum absolute atomic E-state index is 12.7. The average molecular weight is 509 g/mol. The van der Waals surface area contributed by atoms with Crippen LogP contribution in [0.15, 0.2) is 72.9 Å². The lowest BCUT2D eigenvalue weighted by Crippen LogP contribution is -2.33. The van der Waals surface area contributed by atoms with Crippen LogP contribution < -0.4 is 10.6 Å². The number of carbonyl (C=O) groups is 2. The monoisotopic (exact) mass is 508 g/mol. The van der Waals surface area contributed by atoms with Crippen molar-refractivity contribution in [1.82, 2.24) is 20.2 Å². The zero-order chi connectivity index (χ0) is 26.9. The molecular formula is C29H28N6O3. The predicted molar refractivity (Wildman–Crippen MR) is 148 cm³/mol. The van der Waals surface area contributed by atoms with Gasteiger partial charge < -0.3 is 15.4 Å². The molecule has 0 unspecified atom stereocenters. The average Bonchev–Trinajstić information content (AvgIpc) is 3.35. The van der Waals surface area contributed by atoms with Crippen molar-refractivity contribution < 1.29 is 14.3 Å². The summed E-state index contributed by atoms with van der Waals surface area (Å²) in [6.45, 7) is 6.82. The number of carbonyl (C=O) groups excluding carboxylic acids is 2. The Morgan fingerprint density at radius 1 is 0.947 bits per heavy atom. The molecule has 192 valence electrons. The fraction of sp³-hybridized carbons (Fsp3) is 0.207. The maximum Gasteiger partial charge on any atom is 0.318 e. The van der Waals surface area contributed by atoms with Crippen molar-refractivity contribution in [3.05, 3.63) is 72.9 Å². The molecule has 9 heteroatoms. The number of hydrogen-bond donors (Lipinski definition) is 3. The van der Waals surface area contributed by atoms with Crippen molar-refractivity contribution in [2.45, 2.75) is 33.3 Å². The summed E-state index contributed by atoms with van der Waals surface area (Å²) in [7, 11) is 0. The van der Waals surface area contributed by atoms with E-state index >= 15 is 0 Å². The van der Waals surface area contributed by atoms with Crippen LogP contribution in [0.5, 0.6) is 0 Å². The molecule has 3 aromatic carbocycles. The van der Waals surface area contributed by atoms with Gasteiger partial charge in [-0.25, -0.2) is 9.97 Å². The number of nitrogens with zero attached hydrogens (tertiary/aromatic N) is 3. The van der Waals surface area contributed by atoms with Gasteiger partial charge >= 0.3 is 5.97 Å². The van der Waals surface area contributed by atoms with Crippen molar-refractivity contribution in [3.63, 3.8) is 0 Å². The minimum absolute atomic E-state index is 0.451. The van der Waals surface area contributed by atoms with Crippen LogP contribution in [-0.4, -0.2) is 37.6 Å². The van der Waals surface area contributed by atoms with E-state index in [1.165, 1.54) is 6.92 Å². The molecule has 0 saturated carbocycles. The van der Waals surface area contributed by atoms with Gasteiger partial charge in [0, 0.05) is 27.7 Å². The van der Waals surface area contributed by atoms with Crippen LogP contribution in [0.2, 0.25) is 0 Å². The number of para-hydroxylation sites is 1. The Balaban J connectivity index is 1.43. The Morgan fingerprint density at radius 2 is 1.76 bits per heavy atom. The molecule has 9 nitrogen and oxygen atoms in total.